The molecule has 0 aliphatic carbocycles. The third kappa shape index (κ3) is 5.34. The lowest BCUT2D eigenvalue weighted by molar-refractivity contribution is 0.102. The van der Waals surface area contributed by atoms with Gasteiger partial charge in [0.25, 0.3) is 5.91 Å². The van der Waals surface area contributed by atoms with Gasteiger partial charge >= 0.3 is 0 Å². The molecule has 1 N–H and O–H groups in total. The SMILES string of the molecule is CCOc1ccc(Br)cc1C(=O)Nc1cccc(OCc2ccccc2)c1. The van der Waals surface area contributed by atoms with Crippen LogP contribution in [0.25, 0.3) is 0 Å². The molecule has 3 aromatic carbocycles. The molecule has 0 radical (unpaired) electrons. The Kier molecular flexibility index (Phi) is 6.49. The Morgan fingerprint density at radius 1 is 0.963 bits per heavy atom. The molecule has 0 saturated heterocycles. The summed E-state index contributed by atoms with van der Waals surface area (Å²) in [7, 11) is 0. The number of anilines is 1. The van der Waals surface area contributed by atoms with Gasteiger partial charge in [-0.15, -0.1) is 0 Å². The molecule has 0 saturated carbocycles. The van der Waals surface area contributed by atoms with Crippen LogP contribution in [0.3, 0.4) is 0 Å². The van der Waals surface area contributed by atoms with E-state index in [0.29, 0.717) is 36.0 Å². The van der Waals surface area contributed by atoms with Gasteiger partial charge in [-0.3, -0.25) is 4.79 Å². The number of ether oxygens (including phenoxy) is 2. The quantitative estimate of drug-likeness (QED) is 0.529. The van der Waals surface area contributed by atoms with E-state index in [4.69, 9.17) is 9.47 Å². The van der Waals surface area contributed by atoms with Gasteiger partial charge in [-0.2, -0.15) is 0 Å². The van der Waals surface area contributed by atoms with Gasteiger partial charge in [0.15, 0.2) is 0 Å². The predicted molar refractivity (Wildman–Crippen MR) is 110 cm³/mol. The Morgan fingerprint density at radius 3 is 2.56 bits per heavy atom. The van der Waals surface area contributed by atoms with Crippen LogP contribution in [0, 0.1) is 0 Å². The monoisotopic (exact) mass is 425 g/mol. The lowest BCUT2D eigenvalue weighted by atomic mass is 10.2. The van der Waals surface area contributed by atoms with Crippen LogP contribution in [0.4, 0.5) is 5.69 Å². The summed E-state index contributed by atoms with van der Waals surface area (Å²) in [5, 5.41) is 2.90. The lowest BCUT2D eigenvalue weighted by Crippen LogP contribution is -2.14. The topological polar surface area (TPSA) is 47.6 Å². The molecule has 138 valence electrons. The molecule has 0 aromatic heterocycles. The summed E-state index contributed by atoms with van der Waals surface area (Å²) in [6.45, 7) is 2.85. The first-order chi connectivity index (χ1) is 13.2. The van der Waals surface area contributed by atoms with Crippen molar-refractivity contribution in [2.75, 3.05) is 11.9 Å². The van der Waals surface area contributed by atoms with Gasteiger partial charge in [-0.25, -0.2) is 0 Å². The molecule has 3 rings (SSSR count). The van der Waals surface area contributed by atoms with E-state index in [-0.39, 0.29) is 5.91 Å². The summed E-state index contributed by atoms with van der Waals surface area (Å²) < 4.78 is 12.2. The highest BCUT2D eigenvalue weighted by Gasteiger charge is 2.14. The van der Waals surface area contributed by atoms with Gasteiger partial charge in [-0.1, -0.05) is 52.3 Å². The van der Waals surface area contributed by atoms with Crippen molar-refractivity contribution in [3.63, 3.8) is 0 Å². The fraction of sp³-hybridized carbons (Fsp3) is 0.136. The second-order valence-corrected chi connectivity index (χ2v) is 6.75. The minimum atomic E-state index is -0.236. The number of carbonyl (C=O) groups excluding carboxylic acids is 1. The van der Waals surface area contributed by atoms with Crippen molar-refractivity contribution in [1.82, 2.24) is 0 Å². The van der Waals surface area contributed by atoms with Gasteiger partial charge < -0.3 is 14.8 Å². The number of carbonyl (C=O) groups is 1. The van der Waals surface area contributed by atoms with E-state index >= 15 is 0 Å². The fourth-order valence-corrected chi connectivity index (χ4v) is 2.93. The number of hydrogen-bond acceptors (Lipinski definition) is 3. The number of hydrogen-bond donors (Lipinski definition) is 1. The highest BCUT2D eigenvalue weighted by atomic mass is 79.9. The third-order valence-electron chi connectivity index (χ3n) is 3.83. The van der Waals surface area contributed by atoms with E-state index in [0.717, 1.165) is 10.0 Å². The van der Waals surface area contributed by atoms with Crippen molar-refractivity contribution < 1.29 is 14.3 Å². The number of amides is 1. The fourth-order valence-electron chi connectivity index (χ4n) is 2.56. The van der Waals surface area contributed by atoms with Crippen molar-refractivity contribution >= 4 is 27.5 Å². The summed E-state index contributed by atoms with van der Waals surface area (Å²) >= 11 is 3.40. The van der Waals surface area contributed by atoms with Crippen LogP contribution in [0.2, 0.25) is 0 Å². The minimum Gasteiger partial charge on any atom is -0.493 e. The molecular formula is C22H20BrNO3. The second kappa shape index (κ2) is 9.24. The van der Waals surface area contributed by atoms with Crippen molar-refractivity contribution in [3.05, 3.63) is 88.4 Å². The predicted octanol–water partition coefficient (Wildman–Crippen LogP) is 5.68. The zero-order chi connectivity index (χ0) is 19.1. The highest BCUT2D eigenvalue weighted by molar-refractivity contribution is 9.10. The first-order valence-electron chi connectivity index (χ1n) is 8.66. The second-order valence-electron chi connectivity index (χ2n) is 5.83. The molecule has 0 fully saturated rings. The maximum atomic E-state index is 12.7. The Balaban J connectivity index is 1.71. The molecule has 0 bridgehead atoms. The van der Waals surface area contributed by atoms with Crippen LogP contribution in [0.15, 0.2) is 77.3 Å². The van der Waals surface area contributed by atoms with E-state index in [2.05, 4.69) is 21.2 Å². The molecule has 1 amide bonds. The Bertz CT molecular complexity index is 912. The summed E-state index contributed by atoms with van der Waals surface area (Å²) in [6, 6.07) is 22.7. The van der Waals surface area contributed by atoms with Gasteiger partial charge in [0.05, 0.1) is 12.2 Å². The first kappa shape index (κ1) is 19.0. The van der Waals surface area contributed by atoms with Gasteiger partial charge in [0, 0.05) is 16.2 Å². The largest absolute Gasteiger partial charge is 0.493 e. The van der Waals surface area contributed by atoms with Crippen LogP contribution >= 0.6 is 15.9 Å². The Hall–Kier alpha value is -2.79. The van der Waals surface area contributed by atoms with E-state index in [1.165, 1.54) is 0 Å². The zero-order valence-corrected chi connectivity index (χ0v) is 16.5. The average Bonchev–Trinajstić information content (AvgIpc) is 2.69. The molecule has 0 aliphatic rings. The van der Waals surface area contributed by atoms with Crippen molar-refractivity contribution in [2.45, 2.75) is 13.5 Å². The molecular weight excluding hydrogens is 406 g/mol. The first-order valence-corrected chi connectivity index (χ1v) is 9.45. The molecule has 0 heterocycles. The maximum Gasteiger partial charge on any atom is 0.259 e. The van der Waals surface area contributed by atoms with Gasteiger partial charge in [0.1, 0.15) is 18.1 Å². The maximum absolute atomic E-state index is 12.7. The summed E-state index contributed by atoms with van der Waals surface area (Å²) in [5.74, 6) is 1.01. The van der Waals surface area contributed by atoms with E-state index in [1.807, 2.05) is 61.5 Å². The Labute approximate surface area is 167 Å². The Morgan fingerprint density at radius 2 is 1.78 bits per heavy atom. The molecule has 0 unspecified atom stereocenters. The molecule has 4 nitrogen and oxygen atoms in total. The highest BCUT2D eigenvalue weighted by Crippen LogP contribution is 2.25. The number of rotatable bonds is 7. The van der Waals surface area contributed by atoms with E-state index in [9.17, 15) is 4.79 Å². The summed E-state index contributed by atoms with van der Waals surface area (Å²) in [5.41, 5.74) is 2.22. The van der Waals surface area contributed by atoms with Crippen LogP contribution < -0.4 is 14.8 Å². The lowest BCUT2D eigenvalue weighted by Gasteiger charge is -2.12. The summed E-state index contributed by atoms with van der Waals surface area (Å²) in [6.07, 6.45) is 0. The molecule has 0 aliphatic heterocycles. The van der Waals surface area contributed by atoms with Crippen molar-refractivity contribution in [1.29, 1.82) is 0 Å². The van der Waals surface area contributed by atoms with Crippen molar-refractivity contribution in [3.8, 4) is 11.5 Å². The van der Waals surface area contributed by atoms with Crippen LogP contribution in [-0.2, 0) is 6.61 Å². The zero-order valence-electron chi connectivity index (χ0n) is 14.9. The molecule has 0 atom stereocenters. The van der Waals surface area contributed by atoms with Gasteiger partial charge in [0.2, 0.25) is 0 Å². The van der Waals surface area contributed by atoms with Crippen LogP contribution in [0.1, 0.15) is 22.8 Å². The number of halogens is 1. The normalized spacial score (nSPS) is 10.3. The summed E-state index contributed by atoms with van der Waals surface area (Å²) in [4.78, 5) is 12.7. The smallest absolute Gasteiger partial charge is 0.259 e. The van der Waals surface area contributed by atoms with E-state index < -0.39 is 0 Å². The molecule has 3 aromatic rings. The molecule has 5 heteroatoms. The van der Waals surface area contributed by atoms with Gasteiger partial charge in [-0.05, 0) is 42.8 Å². The van der Waals surface area contributed by atoms with Crippen LogP contribution in [-0.4, -0.2) is 12.5 Å². The average molecular weight is 426 g/mol. The molecule has 27 heavy (non-hydrogen) atoms. The van der Waals surface area contributed by atoms with Crippen LogP contribution in [0.5, 0.6) is 11.5 Å². The van der Waals surface area contributed by atoms with E-state index in [1.54, 1.807) is 18.2 Å². The molecule has 0 spiro atoms. The number of benzene rings is 3. The standard InChI is InChI=1S/C22H20BrNO3/c1-2-26-21-12-11-17(23)13-20(21)22(25)24-18-9-6-10-19(14-18)27-15-16-7-4-3-5-8-16/h3-14H,2,15H2,1H3,(H,24,25). The van der Waals surface area contributed by atoms with Crippen molar-refractivity contribution in [2.24, 2.45) is 0 Å². The minimum absolute atomic E-state index is 0.236. The third-order valence-corrected chi connectivity index (χ3v) is 4.32. The number of nitrogens with one attached hydrogen (secondary N) is 1.